The molecule has 2 rings (SSSR count). The molecule has 27 heavy (non-hydrogen) atoms. The van der Waals surface area contributed by atoms with Crippen LogP contribution in [-0.2, 0) is 4.43 Å². The Hall–Kier alpha value is -1.70. The molecule has 0 aliphatic rings. The fourth-order valence-electron chi connectivity index (χ4n) is 3.18. The van der Waals surface area contributed by atoms with Crippen LogP contribution in [0.5, 0.6) is 0 Å². The van der Waals surface area contributed by atoms with Crippen molar-refractivity contribution in [2.24, 2.45) is 0 Å². The van der Waals surface area contributed by atoms with E-state index in [0.29, 0.717) is 10.4 Å². The van der Waals surface area contributed by atoms with Crippen LogP contribution < -0.4 is 10.4 Å². The first kappa shape index (κ1) is 21.6. The third-order valence-corrected chi connectivity index (χ3v) is 9.60. The van der Waals surface area contributed by atoms with Crippen LogP contribution in [0.1, 0.15) is 20.8 Å². The minimum absolute atomic E-state index is 0.611. The van der Waals surface area contributed by atoms with Crippen molar-refractivity contribution in [1.82, 2.24) is 0 Å². The molecule has 2 aromatic rings. The second-order valence-corrected chi connectivity index (χ2v) is 11.8. The topological polar surface area (TPSA) is 29.5 Å². The van der Waals surface area contributed by atoms with E-state index in [1.54, 1.807) is 60.7 Å². The van der Waals surface area contributed by atoms with Crippen molar-refractivity contribution in [3.63, 3.8) is 0 Å². The zero-order chi connectivity index (χ0) is 20.3. The van der Waals surface area contributed by atoms with Crippen LogP contribution >= 0.6 is 0 Å². The quantitative estimate of drug-likeness (QED) is 0.566. The Bertz CT molecular complexity index is 691. The highest BCUT2D eigenvalue weighted by atomic mass is 28.4. The first-order valence-corrected chi connectivity index (χ1v) is 10.5. The van der Waals surface area contributed by atoms with Crippen molar-refractivity contribution in [3.05, 3.63) is 60.7 Å². The molecule has 0 aliphatic heterocycles. The normalized spacial score (nSPS) is 13.6. The maximum Gasteiger partial charge on any atom is 0.334 e. The SMILES string of the molecule is CC(C)(C)[Si](OCC(F)(F)C(F)(F)CO)(c1ccccc1)c1ccccc1. The van der Waals surface area contributed by atoms with E-state index in [-0.39, 0.29) is 0 Å². The number of rotatable bonds is 7. The molecule has 0 saturated carbocycles. The molecular formula is C20H24F4O2Si. The van der Waals surface area contributed by atoms with Crippen molar-refractivity contribution in [2.45, 2.75) is 37.7 Å². The summed E-state index contributed by atoms with van der Waals surface area (Å²) >= 11 is 0. The van der Waals surface area contributed by atoms with Gasteiger partial charge in [-0.25, -0.2) is 0 Å². The second kappa shape index (κ2) is 7.73. The molecule has 0 unspecified atom stereocenters. The number of benzene rings is 2. The minimum atomic E-state index is -4.56. The summed E-state index contributed by atoms with van der Waals surface area (Å²) < 4.78 is 61.2. The fourth-order valence-corrected chi connectivity index (χ4v) is 7.73. The molecule has 148 valence electrons. The van der Waals surface area contributed by atoms with Crippen LogP contribution in [0.25, 0.3) is 0 Å². The number of hydrogen-bond donors (Lipinski definition) is 1. The Morgan fingerprint density at radius 1 is 0.778 bits per heavy atom. The van der Waals surface area contributed by atoms with Gasteiger partial charge in [-0.3, -0.25) is 0 Å². The molecule has 0 saturated heterocycles. The predicted octanol–water partition coefficient (Wildman–Crippen LogP) is 3.83. The zero-order valence-corrected chi connectivity index (χ0v) is 16.6. The van der Waals surface area contributed by atoms with E-state index in [9.17, 15) is 17.6 Å². The van der Waals surface area contributed by atoms with Crippen molar-refractivity contribution in [2.75, 3.05) is 13.2 Å². The molecule has 1 N–H and O–H groups in total. The van der Waals surface area contributed by atoms with Crippen LogP contribution in [0.15, 0.2) is 60.7 Å². The van der Waals surface area contributed by atoms with Gasteiger partial charge in [0.15, 0.2) is 0 Å². The lowest BCUT2D eigenvalue weighted by molar-refractivity contribution is -0.237. The number of hydrogen-bond acceptors (Lipinski definition) is 2. The molecule has 0 atom stereocenters. The Kier molecular flexibility index (Phi) is 6.18. The molecule has 2 nitrogen and oxygen atoms in total. The summed E-state index contributed by atoms with van der Waals surface area (Å²) in [5, 5.41) is 9.50. The molecule has 0 bridgehead atoms. The Labute approximate surface area is 157 Å². The largest absolute Gasteiger partial charge is 0.401 e. The Morgan fingerprint density at radius 3 is 1.52 bits per heavy atom. The summed E-state index contributed by atoms with van der Waals surface area (Å²) in [6, 6.07) is 17.8. The summed E-state index contributed by atoms with van der Waals surface area (Å²) in [7, 11) is -3.35. The summed E-state index contributed by atoms with van der Waals surface area (Å²) in [4.78, 5) is 0. The Balaban J connectivity index is 2.60. The molecule has 0 heterocycles. The van der Waals surface area contributed by atoms with Gasteiger partial charge < -0.3 is 9.53 Å². The maximum absolute atomic E-state index is 14.1. The van der Waals surface area contributed by atoms with Gasteiger partial charge in [0.2, 0.25) is 0 Å². The lowest BCUT2D eigenvalue weighted by Gasteiger charge is -2.44. The van der Waals surface area contributed by atoms with Gasteiger partial charge in [-0.05, 0) is 15.4 Å². The van der Waals surface area contributed by atoms with Gasteiger partial charge in [0, 0.05) is 0 Å². The summed E-state index contributed by atoms with van der Waals surface area (Å²) in [6.07, 6.45) is 0. The van der Waals surface area contributed by atoms with E-state index in [4.69, 9.17) is 9.53 Å². The summed E-state index contributed by atoms with van der Waals surface area (Å²) in [5.41, 5.74) is 0. The van der Waals surface area contributed by atoms with E-state index < -0.39 is 38.4 Å². The fraction of sp³-hybridized carbons (Fsp3) is 0.400. The molecule has 0 fully saturated rings. The van der Waals surface area contributed by atoms with E-state index >= 15 is 0 Å². The van der Waals surface area contributed by atoms with Gasteiger partial charge in [0.05, 0.1) is 0 Å². The van der Waals surface area contributed by atoms with Crippen LogP contribution in [0.4, 0.5) is 17.6 Å². The van der Waals surface area contributed by atoms with E-state index in [2.05, 4.69) is 0 Å². The molecule has 0 aromatic heterocycles. The van der Waals surface area contributed by atoms with Crippen molar-refractivity contribution in [3.8, 4) is 0 Å². The van der Waals surface area contributed by atoms with Crippen LogP contribution in [0.2, 0.25) is 5.04 Å². The number of aliphatic hydroxyl groups excluding tert-OH is 1. The number of alkyl halides is 4. The van der Waals surface area contributed by atoms with Gasteiger partial charge in [0.1, 0.15) is 13.2 Å². The molecule has 0 radical (unpaired) electrons. The molecule has 2 aromatic carbocycles. The number of halogens is 4. The highest BCUT2D eigenvalue weighted by Gasteiger charge is 2.59. The summed E-state index contributed by atoms with van der Waals surface area (Å²) in [5.74, 6) is -9.05. The predicted molar refractivity (Wildman–Crippen MR) is 101 cm³/mol. The van der Waals surface area contributed by atoms with Crippen LogP contribution in [0, 0.1) is 0 Å². The maximum atomic E-state index is 14.1. The van der Waals surface area contributed by atoms with Crippen molar-refractivity contribution < 1.29 is 27.1 Å². The van der Waals surface area contributed by atoms with Gasteiger partial charge in [0.25, 0.3) is 8.32 Å². The lowest BCUT2D eigenvalue weighted by Crippen LogP contribution is -2.68. The highest BCUT2D eigenvalue weighted by molar-refractivity contribution is 6.99. The molecular weight excluding hydrogens is 376 g/mol. The van der Waals surface area contributed by atoms with Gasteiger partial charge in [-0.2, -0.15) is 17.6 Å². The van der Waals surface area contributed by atoms with Crippen LogP contribution in [0.3, 0.4) is 0 Å². The second-order valence-electron chi connectivity index (χ2n) is 7.52. The average Bonchev–Trinajstić information content (AvgIpc) is 2.62. The molecule has 0 amide bonds. The van der Waals surface area contributed by atoms with Gasteiger partial charge in [-0.15, -0.1) is 0 Å². The van der Waals surface area contributed by atoms with Crippen LogP contribution in [-0.4, -0.2) is 38.5 Å². The highest BCUT2D eigenvalue weighted by Crippen LogP contribution is 2.40. The smallest absolute Gasteiger partial charge is 0.334 e. The third-order valence-electron chi connectivity index (χ3n) is 4.62. The minimum Gasteiger partial charge on any atom is -0.401 e. The lowest BCUT2D eigenvalue weighted by atomic mass is 10.2. The molecule has 7 heteroatoms. The third kappa shape index (κ3) is 4.10. The summed E-state index contributed by atoms with van der Waals surface area (Å²) in [6.45, 7) is 2.17. The van der Waals surface area contributed by atoms with Gasteiger partial charge >= 0.3 is 11.8 Å². The zero-order valence-electron chi connectivity index (χ0n) is 15.6. The van der Waals surface area contributed by atoms with Crippen molar-refractivity contribution in [1.29, 1.82) is 0 Å². The first-order valence-electron chi connectivity index (χ1n) is 8.59. The van der Waals surface area contributed by atoms with Gasteiger partial charge in [-0.1, -0.05) is 81.4 Å². The standard InChI is InChI=1S/C20H24F4O2Si/c1-18(2,3)27(16-10-6-4-7-11-16,17-12-8-5-9-13-17)26-15-20(23,24)19(21,22)14-25/h4-13,25H,14-15H2,1-3H3. The number of aliphatic hydroxyl groups is 1. The van der Waals surface area contributed by atoms with E-state index in [0.717, 1.165) is 0 Å². The molecule has 0 aliphatic carbocycles. The Morgan fingerprint density at radius 2 is 1.19 bits per heavy atom. The monoisotopic (exact) mass is 400 g/mol. The molecule has 0 spiro atoms. The average molecular weight is 400 g/mol. The van der Waals surface area contributed by atoms with E-state index in [1.807, 2.05) is 20.8 Å². The first-order chi connectivity index (χ1) is 12.5. The van der Waals surface area contributed by atoms with E-state index in [1.165, 1.54) is 0 Å². The van der Waals surface area contributed by atoms with Crippen molar-refractivity contribution >= 4 is 18.7 Å².